The van der Waals surface area contributed by atoms with Crippen molar-refractivity contribution in [2.75, 3.05) is 10.5 Å². The quantitative estimate of drug-likeness (QED) is 0.869. The fraction of sp³-hybridized carbons (Fsp3) is 0.333. The van der Waals surface area contributed by atoms with Crippen LogP contribution in [0.25, 0.3) is 0 Å². The molecule has 6 heteroatoms. The first kappa shape index (κ1) is 12.8. The van der Waals surface area contributed by atoms with E-state index in [1.807, 2.05) is 6.07 Å². The first-order valence-electron chi connectivity index (χ1n) is 4.33. The number of alkyl halides is 1. The maximum atomic E-state index is 11.3. The van der Waals surface area contributed by atoms with E-state index in [0.717, 1.165) is 5.56 Å². The number of anilines is 1. The Morgan fingerprint density at radius 3 is 2.60 bits per heavy atom. The molecule has 1 N–H and O–H groups in total. The van der Waals surface area contributed by atoms with Crippen LogP contribution in [0.2, 0.25) is 5.02 Å². The number of sulfonamides is 1. The monoisotopic (exact) mass is 311 g/mol. The van der Waals surface area contributed by atoms with E-state index >= 15 is 0 Å². The number of hydrogen-bond acceptors (Lipinski definition) is 2. The van der Waals surface area contributed by atoms with Gasteiger partial charge in [-0.05, 0) is 24.6 Å². The van der Waals surface area contributed by atoms with Gasteiger partial charge in [0.1, 0.15) is 0 Å². The van der Waals surface area contributed by atoms with E-state index in [4.69, 9.17) is 11.6 Å². The summed E-state index contributed by atoms with van der Waals surface area (Å²) >= 11 is 9.22. The summed E-state index contributed by atoms with van der Waals surface area (Å²) in [5.41, 5.74) is 1.42. The van der Waals surface area contributed by atoms with Crippen molar-refractivity contribution in [3.05, 3.63) is 28.8 Å². The molecule has 0 aliphatic heterocycles. The SMILES string of the molecule is CCS(=O)(=O)Nc1ccc(CBr)cc1Cl. The highest BCUT2D eigenvalue weighted by Gasteiger charge is 2.09. The van der Waals surface area contributed by atoms with Crippen LogP contribution in [-0.4, -0.2) is 14.2 Å². The molecule has 0 fully saturated rings. The summed E-state index contributed by atoms with van der Waals surface area (Å²) in [7, 11) is -3.26. The van der Waals surface area contributed by atoms with Crippen LogP contribution in [0.5, 0.6) is 0 Å². The van der Waals surface area contributed by atoms with Gasteiger partial charge in [-0.15, -0.1) is 0 Å². The van der Waals surface area contributed by atoms with Crippen molar-refractivity contribution in [1.29, 1.82) is 0 Å². The summed E-state index contributed by atoms with van der Waals surface area (Å²) in [6.45, 7) is 1.57. The van der Waals surface area contributed by atoms with Crippen molar-refractivity contribution in [2.24, 2.45) is 0 Å². The van der Waals surface area contributed by atoms with Crippen molar-refractivity contribution in [1.82, 2.24) is 0 Å². The van der Waals surface area contributed by atoms with Crippen LogP contribution in [0, 0.1) is 0 Å². The standard InChI is InChI=1S/C9H11BrClNO2S/c1-2-15(13,14)12-9-4-3-7(6-10)5-8(9)11/h3-5,12H,2,6H2,1H3. The third-order valence-electron chi connectivity index (χ3n) is 1.83. The molecule has 0 saturated carbocycles. The van der Waals surface area contributed by atoms with Crippen LogP contribution in [0.1, 0.15) is 12.5 Å². The molecule has 0 unspecified atom stereocenters. The fourth-order valence-electron chi connectivity index (χ4n) is 0.964. The Balaban J connectivity index is 2.97. The zero-order chi connectivity index (χ0) is 11.5. The van der Waals surface area contributed by atoms with E-state index in [1.54, 1.807) is 19.1 Å². The minimum Gasteiger partial charge on any atom is -0.282 e. The van der Waals surface area contributed by atoms with Gasteiger partial charge in [0.05, 0.1) is 16.5 Å². The Kier molecular flexibility index (Phi) is 4.43. The van der Waals surface area contributed by atoms with E-state index < -0.39 is 10.0 Å². The van der Waals surface area contributed by atoms with Gasteiger partial charge in [0.25, 0.3) is 0 Å². The van der Waals surface area contributed by atoms with Crippen molar-refractivity contribution >= 4 is 43.2 Å². The molecule has 3 nitrogen and oxygen atoms in total. The van der Waals surface area contributed by atoms with Crippen molar-refractivity contribution in [2.45, 2.75) is 12.3 Å². The summed E-state index contributed by atoms with van der Waals surface area (Å²) in [6, 6.07) is 5.20. The first-order valence-corrected chi connectivity index (χ1v) is 7.48. The number of rotatable bonds is 4. The molecule has 0 aliphatic rings. The van der Waals surface area contributed by atoms with E-state index in [0.29, 0.717) is 16.0 Å². The van der Waals surface area contributed by atoms with E-state index in [1.165, 1.54) is 0 Å². The largest absolute Gasteiger partial charge is 0.282 e. The highest BCUT2D eigenvalue weighted by Crippen LogP contribution is 2.24. The van der Waals surface area contributed by atoms with E-state index in [9.17, 15) is 8.42 Å². The highest BCUT2D eigenvalue weighted by molar-refractivity contribution is 9.08. The van der Waals surface area contributed by atoms with Gasteiger partial charge in [-0.2, -0.15) is 0 Å². The van der Waals surface area contributed by atoms with Gasteiger partial charge in [-0.3, -0.25) is 4.72 Å². The summed E-state index contributed by atoms with van der Waals surface area (Å²) in [6.07, 6.45) is 0. The minimum atomic E-state index is -3.26. The predicted molar refractivity (Wildman–Crippen MR) is 67.2 cm³/mol. The van der Waals surface area contributed by atoms with Crippen LogP contribution in [0.3, 0.4) is 0 Å². The average molecular weight is 313 g/mol. The molecule has 1 aromatic carbocycles. The lowest BCUT2D eigenvalue weighted by Gasteiger charge is -2.08. The second-order valence-electron chi connectivity index (χ2n) is 2.95. The van der Waals surface area contributed by atoms with Crippen molar-refractivity contribution < 1.29 is 8.42 Å². The molecule has 0 heterocycles. The smallest absolute Gasteiger partial charge is 0.232 e. The Labute approximate surface area is 103 Å². The molecule has 1 aromatic rings. The van der Waals surface area contributed by atoms with Crippen LogP contribution in [0.15, 0.2) is 18.2 Å². The molecule has 1 rings (SSSR count). The molecule has 15 heavy (non-hydrogen) atoms. The molecule has 0 radical (unpaired) electrons. The first-order chi connectivity index (χ1) is 6.98. The van der Waals surface area contributed by atoms with Crippen molar-refractivity contribution in [3.8, 4) is 0 Å². The molecule has 84 valence electrons. The number of benzene rings is 1. The third-order valence-corrected chi connectivity index (χ3v) is 4.08. The Morgan fingerprint density at radius 2 is 2.13 bits per heavy atom. The zero-order valence-electron chi connectivity index (χ0n) is 8.13. The minimum absolute atomic E-state index is 0.0313. The maximum Gasteiger partial charge on any atom is 0.232 e. The van der Waals surface area contributed by atoms with Gasteiger partial charge in [0.2, 0.25) is 10.0 Å². The zero-order valence-corrected chi connectivity index (χ0v) is 11.3. The molecule has 0 aromatic heterocycles. The van der Waals surface area contributed by atoms with Gasteiger partial charge >= 0.3 is 0 Å². The summed E-state index contributed by atoms with van der Waals surface area (Å²) in [5, 5.41) is 1.09. The second-order valence-corrected chi connectivity index (χ2v) is 5.93. The van der Waals surface area contributed by atoms with Crippen LogP contribution in [0.4, 0.5) is 5.69 Å². The molecule has 0 spiro atoms. The van der Waals surface area contributed by atoms with Gasteiger partial charge in [-0.25, -0.2) is 8.42 Å². The van der Waals surface area contributed by atoms with Gasteiger partial charge in [0.15, 0.2) is 0 Å². The third kappa shape index (κ3) is 3.66. The van der Waals surface area contributed by atoms with Gasteiger partial charge < -0.3 is 0 Å². The molecule has 0 bridgehead atoms. The van der Waals surface area contributed by atoms with Crippen LogP contribution >= 0.6 is 27.5 Å². The Morgan fingerprint density at radius 1 is 1.47 bits per heavy atom. The van der Waals surface area contributed by atoms with E-state index in [2.05, 4.69) is 20.7 Å². The summed E-state index contributed by atoms with van der Waals surface area (Å²) in [5.74, 6) is 0.0313. The molecular formula is C9H11BrClNO2S. The highest BCUT2D eigenvalue weighted by atomic mass is 79.9. The fourth-order valence-corrected chi connectivity index (χ4v) is 2.28. The molecule has 0 aliphatic carbocycles. The summed E-state index contributed by atoms with van der Waals surface area (Å²) in [4.78, 5) is 0. The molecule has 0 amide bonds. The predicted octanol–water partition coefficient (Wildman–Crippen LogP) is 3.00. The number of nitrogens with one attached hydrogen (secondary N) is 1. The lowest BCUT2D eigenvalue weighted by atomic mass is 10.2. The Bertz CT molecular complexity index is 447. The molecular weight excluding hydrogens is 302 g/mol. The van der Waals surface area contributed by atoms with Gasteiger partial charge in [-0.1, -0.05) is 33.6 Å². The maximum absolute atomic E-state index is 11.3. The van der Waals surface area contributed by atoms with E-state index in [-0.39, 0.29) is 5.75 Å². The van der Waals surface area contributed by atoms with Crippen molar-refractivity contribution in [3.63, 3.8) is 0 Å². The number of hydrogen-bond donors (Lipinski definition) is 1. The second kappa shape index (κ2) is 5.18. The molecule has 0 atom stereocenters. The van der Waals surface area contributed by atoms with Crippen LogP contribution in [-0.2, 0) is 15.4 Å². The lowest BCUT2D eigenvalue weighted by molar-refractivity contribution is 0.602. The normalized spacial score (nSPS) is 11.4. The number of halogens is 2. The lowest BCUT2D eigenvalue weighted by Crippen LogP contribution is -2.14. The summed E-state index contributed by atoms with van der Waals surface area (Å²) < 4.78 is 25.0. The Hall–Kier alpha value is -0.260. The molecule has 0 saturated heterocycles. The van der Waals surface area contributed by atoms with Crippen LogP contribution < -0.4 is 4.72 Å². The van der Waals surface area contributed by atoms with Gasteiger partial charge in [0, 0.05) is 5.33 Å². The topological polar surface area (TPSA) is 46.2 Å². The average Bonchev–Trinajstić information content (AvgIpc) is 2.21.